The van der Waals surface area contributed by atoms with Gasteiger partial charge < -0.3 is 10.7 Å². The summed E-state index contributed by atoms with van der Waals surface area (Å²) in [5, 5.41) is 4.25. The first-order valence-electron chi connectivity index (χ1n) is 5.57. The molecule has 0 atom stereocenters. The lowest BCUT2D eigenvalue weighted by Crippen LogP contribution is -2.03. The molecule has 0 fully saturated rings. The molecule has 5 nitrogen and oxygen atoms in total. The van der Waals surface area contributed by atoms with Gasteiger partial charge in [0.25, 0.3) is 0 Å². The number of nitrogens with zero attached hydrogens (tertiary/aromatic N) is 3. The minimum Gasteiger partial charge on any atom is -0.382 e. The molecular formula is C12H13N5. The zero-order chi connectivity index (χ0) is 11.8. The van der Waals surface area contributed by atoms with E-state index < -0.39 is 0 Å². The van der Waals surface area contributed by atoms with Crippen molar-refractivity contribution in [2.24, 2.45) is 0 Å². The third-order valence-electron chi connectivity index (χ3n) is 2.74. The first-order valence-corrected chi connectivity index (χ1v) is 5.57. The van der Waals surface area contributed by atoms with Crippen molar-refractivity contribution in [1.82, 2.24) is 19.7 Å². The smallest absolute Gasteiger partial charge is 0.229 e. The molecule has 0 unspecified atom stereocenters. The van der Waals surface area contributed by atoms with Crippen LogP contribution in [-0.4, -0.2) is 19.7 Å². The molecule has 3 N–H and O–H groups in total. The van der Waals surface area contributed by atoms with Crippen LogP contribution < -0.4 is 5.73 Å². The molecule has 0 radical (unpaired) electrons. The maximum absolute atomic E-state index is 5.71. The number of anilines is 1. The van der Waals surface area contributed by atoms with Crippen molar-refractivity contribution in [2.45, 2.75) is 13.3 Å². The van der Waals surface area contributed by atoms with Crippen LogP contribution in [0.5, 0.6) is 0 Å². The number of imidazole rings is 1. The molecule has 1 aromatic carbocycles. The molecule has 2 aromatic heterocycles. The molecule has 17 heavy (non-hydrogen) atoms. The van der Waals surface area contributed by atoms with Crippen molar-refractivity contribution in [3.63, 3.8) is 0 Å². The standard InChI is InChI=1S/C12H13N5/c1-2-8-7-11(13)16-17(8)12-14-9-5-3-4-6-10(9)15-12/h3-7H,2H2,1H3,(H2,13,16)(H,14,15). The Morgan fingerprint density at radius 3 is 2.94 bits per heavy atom. The highest BCUT2D eigenvalue weighted by Gasteiger charge is 2.10. The van der Waals surface area contributed by atoms with Crippen molar-refractivity contribution in [1.29, 1.82) is 0 Å². The normalized spacial score (nSPS) is 11.1. The van der Waals surface area contributed by atoms with Crippen LogP contribution >= 0.6 is 0 Å². The predicted molar refractivity (Wildman–Crippen MR) is 67.0 cm³/mol. The topological polar surface area (TPSA) is 72.5 Å². The number of nitrogen functional groups attached to an aromatic ring is 1. The molecule has 3 aromatic rings. The van der Waals surface area contributed by atoms with E-state index in [1.165, 1.54) is 0 Å². The van der Waals surface area contributed by atoms with E-state index in [1.807, 2.05) is 30.3 Å². The number of aromatic amines is 1. The number of fused-ring (bicyclic) bond motifs is 1. The van der Waals surface area contributed by atoms with Crippen LogP contribution in [0.25, 0.3) is 17.0 Å². The number of nitrogens with one attached hydrogen (secondary N) is 1. The highest BCUT2D eigenvalue weighted by molar-refractivity contribution is 5.75. The minimum atomic E-state index is 0.516. The molecule has 0 aliphatic carbocycles. The maximum atomic E-state index is 5.71. The second-order valence-corrected chi connectivity index (χ2v) is 3.90. The molecule has 0 saturated heterocycles. The number of aromatic nitrogens is 4. The van der Waals surface area contributed by atoms with Crippen molar-refractivity contribution in [3.05, 3.63) is 36.0 Å². The summed E-state index contributed by atoms with van der Waals surface area (Å²) in [5.74, 6) is 1.22. The Balaban J connectivity index is 2.19. The Labute approximate surface area is 98.3 Å². The minimum absolute atomic E-state index is 0.516. The van der Waals surface area contributed by atoms with E-state index in [9.17, 15) is 0 Å². The fraction of sp³-hybridized carbons (Fsp3) is 0.167. The Morgan fingerprint density at radius 2 is 2.18 bits per heavy atom. The van der Waals surface area contributed by atoms with Crippen LogP contribution in [0.15, 0.2) is 30.3 Å². The Morgan fingerprint density at radius 1 is 1.35 bits per heavy atom. The maximum Gasteiger partial charge on any atom is 0.229 e. The lowest BCUT2D eigenvalue weighted by Gasteiger charge is -1.99. The molecule has 3 rings (SSSR count). The van der Waals surface area contributed by atoms with E-state index in [-0.39, 0.29) is 0 Å². The fourth-order valence-electron chi connectivity index (χ4n) is 1.92. The Bertz CT molecular complexity index is 631. The van der Waals surface area contributed by atoms with Gasteiger partial charge in [-0.3, -0.25) is 0 Å². The van der Waals surface area contributed by atoms with Gasteiger partial charge in [0.2, 0.25) is 5.95 Å². The van der Waals surface area contributed by atoms with Gasteiger partial charge in [-0.05, 0) is 18.6 Å². The van der Waals surface area contributed by atoms with E-state index in [1.54, 1.807) is 4.68 Å². The van der Waals surface area contributed by atoms with E-state index >= 15 is 0 Å². The van der Waals surface area contributed by atoms with Gasteiger partial charge in [0.1, 0.15) is 5.82 Å². The molecule has 0 aliphatic heterocycles. The van der Waals surface area contributed by atoms with Gasteiger partial charge in [0.05, 0.1) is 11.0 Å². The third-order valence-corrected chi connectivity index (χ3v) is 2.74. The molecule has 5 heteroatoms. The lowest BCUT2D eigenvalue weighted by molar-refractivity contribution is 0.778. The van der Waals surface area contributed by atoms with Crippen molar-refractivity contribution in [3.8, 4) is 5.95 Å². The zero-order valence-electron chi connectivity index (χ0n) is 9.51. The van der Waals surface area contributed by atoms with E-state index in [4.69, 9.17) is 5.73 Å². The molecule has 2 heterocycles. The summed E-state index contributed by atoms with van der Waals surface area (Å²) in [5.41, 5.74) is 8.68. The largest absolute Gasteiger partial charge is 0.382 e. The molecule has 86 valence electrons. The highest BCUT2D eigenvalue weighted by Crippen LogP contribution is 2.16. The molecule has 0 spiro atoms. The summed E-state index contributed by atoms with van der Waals surface area (Å²) in [4.78, 5) is 7.73. The fourth-order valence-corrected chi connectivity index (χ4v) is 1.92. The van der Waals surface area contributed by atoms with Crippen LogP contribution in [0.4, 0.5) is 5.82 Å². The number of para-hydroxylation sites is 2. The number of aryl methyl sites for hydroxylation is 1. The van der Waals surface area contributed by atoms with Gasteiger partial charge in [-0.1, -0.05) is 19.1 Å². The lowest BCUT2D eigenvalue weighted by atomic mass is 10.3. The van der Waals surface area contributed by atoms with Gasteiger partial charge in [-0.25, -0.2) is 9.67 Å². The predicted octanol–water partition coefficient (Wildman–Crippen LogP) is 1.89. The average molecular weight is 227 g/mol. The van der Waals surface area contributed by atoms with Gasteiger partial charge >= 0.3 is 0 Å². The van der Waals surface area contributed by atoms with Crippen molar-refractivity contribution < 1.29 is 0 Å². The highest BCUT2D eigenvalue weighted by atomic mass is 15.4. The van der Waals surface area contributed by atoms with Crippen LogP contribution in [0.1, 0.15) is 12.6 Å². The van der Waals surface area contributed by atoms with Crippen molar-refractivity contribution >= 4 is 16.9 Å². The second kappa shape index (κ2) is 3.62. The first-order chi connectivity index (χ1) is 8.28. The summed E-state index contributed by atoms with van der Waals surface area (Å²) in [6.07, 6.45) is 0.862. The molecule has 0 aliphatic rings. The number of hydrogen-bond acceptors (Lipinski definition) is 3. The third kappa shape index (κ3) is 1.56. The number of H-pyrrole nitrogens is 1. The van der Waals surface area contributed by atoms with Crippen molar-refractivity contribution in [2.75, 3.05) is 5.73 Å². The second-order valence-electron chi connectivity index (χ2n) is 3.90. The van der Waals surface area contributed by atoms with Crippen LogP contribution in [0.2, 0.25) is 0 Å². The number of hydrogen-bond donors (Lipinski definition) is 2. The zero-order valence-corrected chi connectivity index (χ0v) is 9.51. The molecular weight excluding hydrogens is 214 g/mol. The number of nitrogens with two attached hydrogens (primary N) is 1. The van der Waals surface area contributed by atoms with Crippen LogP contribution in [-0.2, 0) is 6.42 Å². The SMILES string of the molecule is CCc1cc(N)nn1-c1nc2ccccc2[nH]1. The Hall–Kier alpha value is -2.30. The van der Waals surface area contributed by atoms with E-state index in [2.05, 4.69) is 22.0 Å². The summed E-state index contributed by atoms with van der Waals surface area (Å²) < 4.78 is 1.76. The number of benzene rings is 1. The molecule has 0 saturated carbocycles. The molecule has 0 bridgehead atoms. The van der Waals surface area contributed by atoms with Crippen LogP contribution in [0.3, 0.4) is 0 Å². The summed E-state index contributed by atoms with van der Waals surface area (Å²) >= 11 is 0. The first kappa shape index (κ1) is 9.89. The monoisotopic (exact) mass is 227 g/mol. The molecule has 0 amide bonds. The average Bonchev–Trinajstić information content (AvgIpc) is 2.91. The Kier molecular flexibility index (Phi) is 2.11. The van der Waals surface area contributed by atoms with Gasteiger partial charge in [0.15, 0.2) is 0 Å². The van der Waals surface area contributed by atoms with Gasteiger partial charge in [-0.2, -0.15) is 0 Å². The number of rotatable bonds is 2. The van der Waals surface area contributed by atoms with Gasteiger partial charge in [0, 0.05) is 11.8 Å². The summed E-state index contributed by atoms with van der Waals surface area (Å²) in [7, 11) is 0. The summed E-state index contributed by atoms with van der Waals surface area (Å²) in [6, 6.07) is 9.76. The van der Waals surface area contributed by atoms with Crippen LogP contribution in [0, 0.1) is 0 Å². The summed E-state index contributed by atoms with van der Waals surface area (Å²) in [6.45, 7) is 2.07. The van der Waals surface area contributed by atoms with Gasteiger partial charge in [-0.15, -0.1) is 5.10 Å². The quantitative estimate of drug-likeness (QED) is 0.702. The van der Waals surface area contributed by atoms with E-state index in [0.717, 1.165) is 23.1 Å². The van der Waals surface area contributed by atoms with E-state index in [0.29, 0.717) is 11.8 Å².